The molecule has 0 atom stereocenters. The Bertz CT molecular complexity index is 1060. The van der Waals surface area contributed by atoms with Gasteiger partial charge >= 0.3 is 0 Å². The standard InChI is InChI=1S/C20H16F2N2O5S/c1-28-13-4-6-16(29-2)11(7-13)8-17-19(26)24(20(27)30-17)10-18(25)23-15-5-3-12(21)9-14(15)22/h3-9H,10H2,1-2H3,(H,23,25). The van der Waals surface area contributed by atoms with Crippen molar-refractivity contribution in [3.63, 3.8) is 0 Å². The number of hydrogen-bond donors (Lipinski definition) is 1. The molecular formula is C20H16F2N2O5S. The Labute approximate surface area is 174 Å². The van der Waals surface area contributed by atoms with Gasteiger partial charge in [0.15, 0.2) is 0 Å². The Balaban J connectivity index is 1.76. The summed E-state index contributed by atoms with van der Waals surface area (Å²) in [5.74, 6) is -2.25. The van der Waals surface area contributed by atoms with Crippen molar-refractivity contribution in [1.29, 1.82) is 0 Å². The molecule has 0 bridgehead atoms. The Morgan fingerprint density at radius 1 is 1.13 bits per heavy atom. The molecule has 2 aromatic carbocycles. The van der Waals surface area contributed by atoms with E-state index in [0.29, 0.717) is 34.9 Å². The molecule has 1 aliphatic rings. The molecule has 30 heavy (non-hydrogen) atoms. The molecule has 3 rings (SSSR count). The zero-order valence-corrected chi connectivity index (χ0v) is 16.7. The molecule has 2 aromatic rings. The third-order valence-electron chi connectivity index (χ3n) is 4.10. The van der Waals surface area contributed by atoms with Crippen molar-refractivity contribution in [1.82, 2.24) is 4.90 Å². The number of ether oxygens (including phenoxy) is 2. The van der Waals surface area contributed by atoms with E-state index in [1.54, 1.807) is 18.2 Å². The van der Waals surface area contributed by atoms with Crippen molar-refractivity contribution in [3.8, 4) is 11.5 Å². The normalized spacial score (nSPS) is 14.9. The second-order valence-corrected chi connectivity index (χ2v) is 7.04. The van der Waals surface area contributed by atoms with Crippen LogP contribution in [0.5, 0.6) is 11.5 Å². The third-order valence-corrected chi connectivity index (χ3v) is 5.01. The smallest absolute Gasteiger partial charge is 0.294 e. The molecule has 1 aliphatic heterocycles. The van der Waals surface area contributed by atoms with E-state index in [9.17, 15) is 23.2 Å². The van der Waals surface area contributed by atoms with Gasteiger partial charge in [-0.05, 0) is 48.2 Å². The molecule has 0 aliphatic carbocycles. The molecule has 0 saturated carbocycles. The zero-order valence-electron chi connectivity index (χ0n) is 15.9. The van der Waals surface area contributed by atoms with Gasteiger partial charge in [0.1, 0.15) is 29.7 Å². The number of nitrogens with zero attached hydrogens (tertiary/aromatic N) is 1. The number of carbonyl (C=O) groups excluding carboxylic acids is 3. The number of benzene rings is 2. The topological polar surface area (TPSA) is 84.9 Å². The Morgan fingerprint density at radius 2 is 1.90 bits per heavy atom. The number of carbonyl (C=O) groups is 3. The highest BCUT2D eigenvalue weighted by Gasteiger charge is 2.36. The lowest BCUT2D eigenvalue weighted by molar-refractivity contribution is -0.127. The van der Waals surface area contributed by atoms with E-state index in [2.05, 4.69) is 5.32 Å². The predicted octanol–water partition coefficient (Wildman–Crippen LogP) is 3.66. The van der Waals surface area contributed by atoms with Crippen molar-refractivity contribution < 1.29 is 32.6 Å². The molecule has 0 unspecified atom stereocenters. The van der Waals surface area contributed by atoms with Crippen molar-refractivity contribution in [3.05, 3.63) is 58.5 Å². The molecule has 1 fully saturated rings. The summed E-state index contributed by atoms with van der Waals surface area (Å²) in [6, 6.07) is 7.60. The van der Waals surface area contributed by atoms with Gasteiger partial charge in [-0.3, -0.25) is 19.3 Å². The Kier molecular flexibility index (Phi) is 6.36. The average Bonchev–Trinajstić information content (AvgIpc) is 2.97. The molecule has 1 N–H and O–H groups in total. The number of thioether (sulfide) groups is 1. The van der Waals surface area contributed by atoms with Crippen LogP contribution in [0.25, 0.3) is 6.08 Å². The number of rotatable bonds is 6. The maximum absolute atomic E-state index is 13.7. The second-order valence-electron chi connectivity index (χ2n) is 6.05. The molecule has 1 saturated heterocycles. The van der Waals surface area contributed by atoms with E-state index in [0.717, 1.165) is 17.0 Å². The van der Waals surface area contributed by atoms with Gasteiger partial charge < -0.3 is 14.8 Å². The monoisotopic (exact) mass is 434 g/mol. The summed E-state index contributed by atoms with van der Waals surface area (Å²) in [5, 5.41) is 1.56. The predicted molar refractivity (Wildman–Crippen MR) is 107 cm³/mol. The molecule has 10 heteroatoms. The van der Waals surface area contributed by atoms with E-state index in [4.69, 9.17) is 9.47 Å². The minimum absolute atomic E-state index is 0.0901. The van der Waals surface area contributed by atoms with Crippen LogP contribution in [0.15, 0.2) is 41.3 Å². The molecule has 156 valence electrons. The van der Waals surface area contributed by atoms with Crippen LogP contribution in [0.2, 0.25) is 0 Å². The van der Waals surface area contributed by atoms with Crippen LogP contribution in [0.3, 0.4) is 0 Å². The minimum Gasteiger partial charge on any atom is -0.497 e. The summed E-state index contributed by atoms with van der Waals surface area (Å²) in [7, 11) is 2.95. The first kappa shape index (κ1) is 21.3. The highest BCUT2D eigenvalue weighted by Crippen LogP contribution is 2.35. The van der Waals surface area contributed by atoms with Gasteiger partial charge in [0.25, 0.3) is 11.1 Å². The number of anilines is 1. The van der Waals surface area contributed by atoms with Gasteiger partial charge in [-0.2, -0.15) is 0 Å². The molecule has 3 amide bonds. The first-order valence-corrected chi connectivity index (χ1v) is 9.36. The first-order valence-electron chi connectivity index (χ1n) is 8.54. The number of methoxy groups -OCH3 is 2. The Morgan fingerprint density at radius 3 is 2.57 bits per heavy atom. The lowest BCUT2D eigenvalue weighted by Crippen LogP contribution is -2.36. The number of imide groups is 1. The van der Waals surface area contributed by atoms with Gasteiger partial charge in [-0.25, -0.2) is 8.78 Å². The SMILES string of the molecule is COc1ccc(OC)c(C=C2SC(=O)N(CC(=O)Nc3ccc(F)cc3F)C2=O)c1. The van der Waals surface area contributed by atoms with Crippen LogP contribution in [-0.2, 0) is 9.59 Å². The number of amides is 3. The largest absolute Gasteiger partial charge is 0.497 e. The summed E-state index contributed by atoms with van der Waals surface area (Å²) in [4.78, 5) is 37.8. The van der Waals surface area contributed by atoms with Crippen LogP contribution >= 0.6 is 11.8 Å². The van der Waals surface area contributed by atoms with E-state index in [-0.39, 0.29) is 10.6 Å². The summed E-state index contributed by atoms with van der Waals surface area (Å²) >= 11 is 0.661. The first-order chi connectivity index (χ1) is 14.3. The number of nitrogens with one attached hydrogen (secondary N) is 1. The van der Waals surface area contributed by atoms with Crippen LogP contribution in [0.1, 0.15) is 5.56 Å². The fraction of sp³-hybridized carbons (Fsp3) is 0.150. The van der Waals surface area contributed by atoms with Crippen molar-refractivity contribution in [2.45, 2.75) is 0 Å². The highest BCUT2D eigenvalue weighted by molar-refractivity contribution is 8.18. The summed E-state index contributed by atoms with van der Waals surface area (Å²) < 4.78 is 37.0. The fourth-order valence-corrected chi connectivity index (χ4v) is 3.48. The van der Waals surface area contributed by atoms with Crippen molar-refractivity contribution in [2.24, 2.45) is 0 Å². The van der Waals surface area contributed by atoms with Crippen LogP contribution < -0.4 is 14.8 Å². The fourth-order valence-electron chi connectivity index (χ4n) is 2.65. The van der Waals surface area contributed by atoms with Gasteiger partial charge in [0.2, 0.25) is 5.91 Å². The molecule has 0 radical (unpaired) electrons. The van der Waals surface area contributed by atoms with Crippen molar-refractivity contribution in [2.75, 3.05) is 26.1 Å². The third kappa shape index (κ3) is 4.60. The average molecular weight is 434 g/mol. The zero-order chi connectivity index (χ0) is 21.8. The maximum Gasteiger partial charge on any atom is 0.294 e. The lowest BCUT2D eigenvalue weighted by Gasteiger charge is -2.13. The van der Waals surface area contributed by atoms with Gasteiger partial charge in [0.05, 0.1) is 24.8 Å². The molecule has 1 heterocycles. The maximum atomic E-state index is 13.7. The quantitative estimate of drug-likeness (QED) is 0.699. The summed E-state index contributed by atoms with van der Waals surface area (Å²) in [6.07, 6.45) is 1.46. The van der Waals surface area contributed by atoms with Crippen LogP contribution in [-0.4, -0.2) is 42.7 Å². The molecule has 0 spiro atoms. The van der Waals surface area contributed by atoms with Crippen LogP contribution in [0.4, 0.5) is 19.3 Å². The molecule has 0 aromatic heterocycles. The summed E-state index contributed by atoms with van der Waals surface area (Å²) in [5.41, 5.74) is 0.255. The number of halogens is 2. The van der Waals surface area contributed by atoms with Gasteiger partial charge in [0, 0.05) is 11.6 Å². The highest BCUT2D eigenvalue weighted by atomic mass is 32.2. The van der Waals surface area contributed by atoms with Gasteiger partial charge in [-0.15, -0.1) is 0 Å². The van der Waals surface area contributed by atoms with Crippen molar-refractivity contribution >= 4 is 40.6 Å². The van der Waals surface area contributed by atoms with E-state index in [1.165, 1.54) is 20.3 Å². The number of hydrogen-bond acceptors (Lipinski definition) is 6. The van der Waals surface area contributed by atoms with Gasteiger partial charge in [-0.1, -0.05) is 0 Å². The second kappa shape index (κ2) is 8.95. The molecule has 7 nitrogen and oxygen atoms in total. The van der Waals surface area contributed by atoms with E-state index in [1.807, 2.05) is 0 Å². The van der Waals surface area contributed by atoms with E-state index < -0.39 is 35.2 Å². The molecular weight excluding hydrogens is 418 g/mol. The van der Waals surface area contributed by atoms with E-state index >= 15 is 0 Å². The summed E-state index contributed by atoms with van der Waals surface area (Å²) in [6.45, 7) is -0.617. The minimum atomic E-state index is -0.970. The lowest BCUT2D eigenvalue weighted by atomic mass is 10.1. The Hall–Kier alpha value is -3.40. The van der Waals surface area contributed by atoms with Crippen LogP contribution in [0, 0.1) is 11.6 Å².